The van der Waals surface area contributed by atoms with Gasteiger partial charge in [-0.05, 0) is 31.9 Å². The maximum atomic E-state index is 14.2. The molecule has 1 aliphatic heterocycles. The zero-order chi connectivity index (χ0) is 18.4. The van der Waals surface area contributed by atoms with Crippen LogP contribution in [0.1, 0.15) is 35.4 Å². The fourth-order valence-electron chi connectivity index (χ4n) is 3.36. The molecule has 1 saturated carbocycles. The van der Waals surface area contributed by atoms with Crippen LogP contribution in [-0.4, -0.2) is 40.5 Å². The molecule has 2 aromatic rings. The van der Waals surface area contributed by atoms with Crippen LogP contribution in [0.3, 0.4) is 0 Å². The number of nitrogens with zero attached hydrogens (tertiary/aromatic N) is 2. The number of hydrogen-bond acceptors (Lipinski definition) is 4. The summed E-state index contributed by atoms with van der Waals surface area (Å²) < 4.78 is 19.4. The van der Waals surface area contributed by atoms with E-state index in [0.29, 0.717) is 12.6 Å². The molecule has 0 radical (unpaired) electrons. The predicted molar refractivity (Wildman–Crippen MR) is 92.3 cm³/mol. The first-order valence-corrected chi connectivity index (χ1v) is 8.84. The number of amides is 2. The lowest BCUT2D eigenvalue weighted by Gasteiger charge is -2.16. The van der Waals surface area contributed by atoms with E-state index in [2.05, 4.69) is 10.5 Å². The topological polar surface area (TPSA) is 75.4 Å². The summed E-state index contributed by atoms with van der Waals surface area (Å²) in [5.41, 5.74) is 0.221. The lowest BCUT2D eigenvalue weighted by atomic mass is 10.0. The molecule has 0 spiro atoms. The van der Waals surface area contributed by atoms with E-state index in [1.54, 1.807) is 6.92 Å². The monoisotopic (exact) mass is 377 g/mol. The number of aryl methyl sites for hydroxylation is 1. The van der Waals surface area contributed by atoms with Gasteiger partial charge in [0.2, 0.25) is 5.91 Å². The van der Waals surface area contributed by atoms with Crippen molar-refractivity contribution in [2.45, 2.75) is 38.3 Å². The van der Waals surface area contributed by atoms with Gasteiger partial charge in [0.1, 0.15) is 22.8 Å². The number of hydrogen-bond donors (Lipinski definition) is 1. The molecule has 1 aromatic heterocycles. The number of likely N-dealkylation sites (tertiary alicyclic amines) is 1. The van der Waals surface area contributed by atoms with Crippen LogP contribution in [0.2, 0.25) is 5.02 Å². The zero-order valence-corrected chi connectivity index (χ0v) is 14.8. The fraction of sp³-hybridized carbons (Fsp3) is 0.389. The Kier molecular flexibility index (Phi) is 4.19. The molecular weight excluding hydrogens is 361 g/mol. The smallest absolute Gasteiger partial charge is 0.257 e. The van der Waals surface area contributed by atoms with Crippen LogP contribution in [-0.2, 0) is 4.79 Å². The molecule has 1 saturated heterocycles. The summed E-state index contributed by atoms with van der Waals surface area (Å²) in [5.74, 6) is -0.721. The van der Waals surface area contributed by atoms with E-state index in [1.165, 1.54) is 18.2 Å². The van der Waals surface area contributed by atoms with Crippen molar-refractivity contribution >= 4 is 23.4 Å². The SMILES string of the molecule is Cc1onc(-c2c(F)cccc2Cl)c1C(=O)NC1CC(=O)N(C2CC2)C1. The maximum absolute atomic E-state index is 14.2. The van der Waals surface area contributed by atoms with Gasteiger partial charge in [0, 0.05) is 19.0 Å². The molecule has 6 nitrogen and oxygen atoms in total. The highest BCUT2D eigenvalue weighted by Gasteiger charge is 2.40. The second-order valence-corrected chi connectivity index (χ2v) is 7.12. The van der Waals surface area contributed by atoms with Crippen LogP contribution in [0, 0.1) is 12.7 Å². The summed E-state index contributed by atoms with van der Waals surface area (Å²) in [4.78, 5) is 26.7. The number of benzene rings is 1. The molecule has 2 heterocycles. The summed E-state index contributed by atoms with van der Waals surface area (Å²) >= 11 is 6.10. The number of rotatable bonds is 4. The summed E-state index contributed by atoms with van der Waals surface area (Å²) in [7, 11) is 0. The van der Waals surface area contributed by atoms with Crippen molar-refractivity contribution < 1.29 is 18.5 Å². The highest BCUT2D eigenvalue weighted by molar-refractivity contribution is 6.33. The minimum absolute atomic E-state index is 0.0262. The van der Waals surface area contributed by atoms with Crippen LogP contribution in [0.5, 0.6) is 0 Å². The van der Waals surface area contributed by atoms with E-state index in [1.807, 2.05) is 4.90 Å². The Bertz CT molecular complexity index is 874. The van der Waals surface area contributed by atoms with Gasteiger partial charge in [0.05, 0.1) is 16.6 Å². The van der Waals surface area contributed by atoms with Crippen LogP contribution in [0.15, 0.2) is 22.7 Å². The summed E-state index contributed by atoms with van der Waals surface area (Å²) in [6.07, 6.45) is 2.31. The molecule has 1 aromatic carbocycles. The van der Waals surface area contributed by atoms with Crippen LogP contribution >= 0.6 is 11.6 Å². The van der Waals surface area contributed by atoms with Crippen molar-refractivity contribution in [1.29, 1.82) is 0 Å². The average Bonchev–Trinajstić information content (AvgIpc) is 3.26. The first-order valence-electron chi connectivity index (χ1n) is 8.46. The third-order valence-corrected chi connectivity index (χ3v) is 5.09. The molecule has 1 unspecified atom stereocenters. The van der Waals surface area contributed by atoms with Gasteiger partial charge >= 0.3 is 0 Å². The molecule has 2 amide bonds. The molecule has 2 aliphatic rings. The Hall–Kier alpha value is -2.41. The van der Waals surface area contributed by atoms with Gasteiger partial charge in [-0.15, -0.1) is 0 Å². The van der Waals surface area contributed by atoms with Gasteiger partial charge < -0.3 is 14.7 Å². The molecule has 1 aliphatic carbocycles. The van der Waals surface area contributed by atoms with Gasteiger partial charge in [0.15, 0.2) is 0 Å². The molecule has 2 fully saturated rings. The van der Waals surface area contributed by atoms with E-state index < -0.39 is 11.7 Å². The molecule has 1 N–H and O–H groups in total. The van der Waals surface area contributed by atoms with Crippen molar-refractivity contribution in [2.75, 3.05) is 6.54 Å². The van der Waals surface area contributed by atoms with E-state index in [0.717, 1.165) is 12.8 Å². The summed E-state index contributed by atoms with van der Waals surface area (Å²) in [6, 6.07) is 4.28. The Labute approximate surface area is 154 Å². The second-order valence-electron chi connectivity index (χ2n) is 6.71. The normalized spacial score (nSPS) is 19.9. The Morgan fingerprint density at radius 1 is 1.42 bits per heavy atom. The van der Waals surface area contributed by atoms with Gasteiger partial charge in [-0.1, -0.05) is 22.8 Å². The van der Waals surface area contributed by atoms with Crippen molar-refractivity contribution in [2.24, 2.45) is 0 Å². The van der Waals surface area contributed by atoms with Gasteiger partial charge in [0.25, 0.3) is 5.91 Å². The molecule has 136 valence electrons. The Balaban J connectivity index is 1.59. The minimum Gasteiger partial charge on any atom is -0.360 e. The summed E-state index contributed by atoms with van der Waals surface area (Å²) in [6.45, 7) is 2.08. The summed E-state index contributed by atoms with van der Waals surface area (Å²) in [5, 5.41) is 6.82. The maximum Gasteiger partial charge on any atom is 0.257 e. The van der Waals surface area contributed by atoms with E-state index in [4.69, 9.17) is 16.1 Å². The third-order valence-electron chi connectivity index (χ3n) is 4.77. The molecule has 0 bridgehead atoms. The second kappa shape index (κ2) is 6.39. The van der Waals surface area contributed by atoms with Crippen molar-refractivity contribution in [3.05, 3.63) is 40.4 Å². The average molecular weight is 378 g/mol. The highest BCUT2D eigenvalue weighted by Crippen LogP contribution is 2.34. The number of nitrogens with one attached hydrogen (secondary N) is 1. The van der Waals surface area contributed by atoms with E-state index >= 15 is 0 Å². The third kappa shape index (κ3) is 2.96. The lowest BCUT2D eigenvalue weighted by molar-refractivity contribution is -0.128. The van der Waals surface area contributed by atoms with Crippen molar-refractivity contribution in [3.63, 3.8) is 0 Å². The highest BCUT2D eigenvalue weighted by atomic mass is 35.5. The first kappa shape index (κ1) is 17.0. The van der Waals surface area contributed by atoms with Crippen molar-refractivity contribution in [1.82, 2.24) is 15.4 Å². The van der Waals surface area contributed by atoms with Crippen molar-refractivity contribution in [3.8, 4) is 11.3 Å². The number of carbonyl (C=O) groups excluding carboxylic acids is 2. The molecule has 8 heteroatoms. The van der Waals surface area contributed by atoms with E-state index in [-0.39, 0.29) is 46.0 Å². The van der Waals surface area contributed by atoms with Crippen LogP contribution < -0.4 is 5.32 Å². The van der Waals surface area contributed by atoms with Gasteiger partial charge in [-0.25, -0.2) is 4.39 Å². The minimum atomic E-state index is -0.587. The standard InChI is InChI=1S/C18H17ClFN3O3/c1-9-15(17(22-26-9)16-12(19)3-2-4-13(16)20)18(25)21-10-7-14(24)23(8-10)11-5-6-11/h2-4,10-11H,5-8H2,1H3,(H,21,25). The van der Waals surface area contributed by atoms with Gasteiger partial charge in [-0.3, -0.25) is 9.59 Å². The number of carbonyl (C=O) groups is 2. The molecule has 4 rings (SSSR count). The molecule has 1 atom stereocenters. The zero-order valence-electron chi connectivity index (χ0n) is 14.1. The van der Waals surface area contributed by atoms with Gasteiger partial charge in [-0.2, -0.15) is 0 Å². The lowest BCUT2D eigenvalue weighted by Crippen LogP contribution is -2.38. The first-order chi connectivity index (χ1) is 12.5. The largest absolute Gasteiger partial charge is 0.360 e. The number of aromatic nitrogens is 1. The number of halogens is 2. The van der Waals surface area contributed by atoms with E-state index in [9.17, 15) is 14.0 Å². The quantitative estimate of drug-likeness (QED) is 0.888. The molecule has 26 heavy (non-hydrogen) atoms. The predicted octanol–water partition coefficient (Wildman–Crippen LogP) is 2.94. The van der Waals surface area contributed by atoms with Crippen LogP contribution in [0.4, 0.5) is 4.39 Å². The fourth-order valence-corrected chi connectivity index (χ4v) is 3.61. The van der Waals surface area contributed by atoms with Crippen LogP contribution in [0.25, 0.3) is 11.3 Å². The Morgan fingerprint density at radius 3 is 2.88 bits per heavy atom. The molecular formula is C18H17ClFN3O3. The Morgan fingerprint density at radius 2 is 2.19 bits per heavy atom.